The summed E-state index contributed by atoms with van der Waals surface area (Å²) in [6, 6.07) is 8.02. The number of likely N-dealkylation sites (N-methyl/N-ethyl adjacent to an activating group) is 1. The molecule has 0 bridgehead atoms. The van der Waals surface area contributed by atoms with Gasteiger partial charge in [0.25, 0.3) is 5.91 Å². The Labute approximate surface area is 149 Å². The molecule has 1 aliphatic carbocycles. The lowest BCUT2D eigenvalue weighted by Gasteiger charge is -2.42. The third kappa shape index (κ3) is 4.22. The Morgan fingerprint density at radius 3 is 2.75 bits per heavy atom. The van der Waals surface area contributed by atoms with Gasteiger partial charge in [0.2, 0.25) is 0 Å². The van der Waals surface area contributed by atoms with Crippen molar-refractivity contribution in [1.29, 1.82) is 0 Å². The lowest BCUT2D eigenvalue weighted by Crippen LogP contribution is -2.53. The maximum atomic E-state index is 12.6. The molecule has 132 valence electrons. The third-order valence-electron chi connectivity index (χ3n) is 5.35. The highest BCUT2D eigenvalue weighted by molar-refractivity contribution is 6.30. The highest BCUT2D eigenvalue weighted by Gasteiger charge is 2.35. The monoisotopic (exact) mass is 350 g/mol. The number of carbonyl (C=O) groups excluding carboxylic acids is 1. The van der Waals surface area contributed by atoms with Crippen molar-refractivity contribution in [2.45, 2.75) is 50.6 Å². The van der Waals surface area contributed by atoms with Crippen LogP contribution in [-0.2, 0) is 4.79 Å². The first-order valence-corrected chi connectivity index (χ1v) is 9.41. The highest BCUT2D eigenvalue weighted by Crippen LogP contribution is 2.29. The lowest BCUT2D eigenvalue weighted by molar-refractivity contribution is -0.136. The molecule has 0 N–H and O–H groups in total. The van der Waals surface area contributed by atoms with Gasteiger partial charge in [-0.05, 0) is 57.0 Å². The van der Waals surface area contributed by atoms with Crippen LogP contribution in [0.4, 0.5) is 0 Å². The summed E-state index contributed by atoms with van der Waals surface area (Å²) in [5.41, 5.74) is 0. The first-order valence-electron chi connectivity index (χ1n) is 9.03. The SMILES string of the molecule is CN(C(=O)COc1cccc(Cl)c1)C1CCCCC1N1CCCC1. The fourth-order valence-electron chi connectivity index (χ4n) is 4.03. The number of nitrogens with zero attached hydrogens (tertiary/aromatic N) is 2. The number of amides is 1. The largest absolute Gasteiger partial charge is 0.484 e. The smallest absolute Gasteiger partial charge is 0.260 e. The zero-order valence-corrected chi connectivity index (χ0v) is 15.2. The van der Waals surface area contributed by atoms with Crippen LogP contribution >= 0.6 is 11.6 Å². The fourth-order valence-corrected chi connectivity index (χ4v) is 4.21. The van der Waals surface area contributed by atoms with Crippen LogP contribution in [0, 0.1) is 0 Å². The van der Waals surface area contributed by atoms with E-state index in [-0.39, 0.29) is 12.5 Å². The molecule has 1 aliphatic heterocycles. The lowest BCUT2D eigenvalue weighted by atomic mass is 9.88. The fraction of sp³-hybridized carbons (Fsp3) is 0.632. The molecule has 1 aromatic rings. The van der Waals surface area contributed by atoms with E-state index in [9.17, 15) is 4.79 Å². The van der Waals surface area contributed by atoms with Crippen LogP contribution in [0.1, 0.15) is 38.5 Å². The van der Waals surface area contributed by atoms with E-state index in [2.05, 4.69) is 4.90 Å². The maximum Gasteiger partial charge on any atom is 0.260 e. The van der Waals surface area contributed by atoms with Crippen molar-refractivity contribution in [1.82, 2.24) is 9.80 Å². The predicted octanol–water partition coefficient (Wildman–Crippen LogP) is 3.58. The summed E-state index contributed by atoms with van der Waals surface area (Å²) in [6.07, 6.45) is 7.37. The van der Waals surface area contributed by atoms with E-state index in [1.807, 2.05) is 24.1 Å². The number of rotatable bonds is 5. The number of benzene rings is 1. The molecule has 0 aromatic heterocycles. The molecule has 3 rings (SSSR count). The molecule has 2 fully saturated rings. The van der Waals surface area contributed by atoms with Crippen LogP contribution in [-0.4, -0.2) is 54.5 Å². The molecule has 1 saturated heterocycles. The minimum absolute atomic E-state index is 0.0473. The Morgan fingerprint density at radius 1 is 1.25 bits per heavy atom. The van der Waals surface area contributed by atoms with Crippen LogP contribution in [0.2, 0.25) is 5.02 Å². The molecule has 24 heavy (non-hydrogen) atoms. The van der Waals surface area contributed by atoms with Gasteiger partial charge in [-0.2, -0.15) is 0 Å². The average Bonchev–Trinajstić information content (AvgIpc) is 3.13. The van der Waals surface area contributed by atoms with Crippen LogP contribution in [0.25, 0.3) is 0 Å². The molecule has 0 radical (unpaired) electrons. The molecule has 1 amide bonds. The summed E-state index contributed by atoms with van der Waals surface area (Å²) >= 11 is 5.96. The van der Waals surface area contributed by atoms with Crippen molar-refractivity contribution in [2.75, 3.05) is 26.7 Å². The van der Waals surface area contributed by atoms with Gasteiger partial charge in [-0.1, -0.05) is 30.5 Å². The predicted molar refractivity (Wildman–Crippen MR) is 96.6 cm³/mol. The second kappa shape index (κ2) is 8.21. The molecule has 2 aliphatic rings. The van der Waals surface area contributed by atoms with Gasteiger partial charge in [0, 0.05) is 24.2 Å². The van der Waals surface area contributed by atoms with Gasteiger partial charge in [0.1, 0.15) is 5.75 Å². The molecule has 2 atom stereocenters. The number of halogens is 1. The van der Waals surface area contributed by atoms with Crippen LogP contribution in [0.5, 0.6) is 5.75 Å². The minimum Gasteiger partial charge on any atom is -0.484 e. The maximum absolute atomic E-state index is 12.6. The number of hydrogen-bond donors (Lipinski definition) is 0. The van der Waals surface area contributed by atoms with E-state index in [0.29, 0.717) is 22.9 Å². The molecule has 1 heterocycles. The Hall–Kier alpha value is -1.26. The van der Waals surface area contributed by atoms with Crippen molar-refractivity contribution >= 4 is 17.5 Å². The van der Waals surface area contributed by atoms with Crippen molar-refractivity contribution < 1.29 is 9.53 Å². The van der Waals surface area contributed by atoms with Gasteiger partial charge >= 0.3 is 0 Å². The van der Waals surface area contributed by atoms with Crippen molar-refractivity contribution in [3.63, 3.8) is 0 Å². The average molecular weight is 351 g/mol. The van der Waals surface area contributed by atoms with Crippen molar-refractivity contribution in [2.24, 2.45) is 0 Å². The molecule has 5 heteroatoms. The molecule has 4 nitrogen and oxygen atoms in total. The molecule has 1 saturated carbocycles. The van der Waals surface area contributed by atoms with Gasteiger partial charge in [0.05, 0.1) is 0 Å². The summed E-state index contributed by atoms with van der Waals surface area (Å²) in [5.74, 6) is 0.690. The molecule has 1 aromatic carbocycles. The number of carbonyl (C=O) groups is 1. The van der Waals surface area contributed by atoms with Gasteiger partial charge in [-0.25, -0.2) is 0 Å². The number of ether oxygens (including phenoxy) is 1. The number of likely N-dealkylation sites (tertiary alicyclic amines) is 1. The standard InChI is InChI=1S/C19H27ClN2O2/c1-21(19(23)14-24-16-8-6-7-15(20)13-16)17-9-2-3-10-18(17)22-11-4-5-12-22/h6-8,13,17-18H,2-5,9-12,14H2,1H3. The Bertz CT molecular complexity index is 560. The first kappa shape index (κ1) is 17.6. The van der Waals surface area contributed by atoms with Crippen LogP contribution < -0.4 is 4.74 Å². The zero-order chi connectivity index (χ0) is 16.9. The summed E-state index contributed by atoms with van der Waals surface area (Å²) in [7, 11) is 1.93. The van der Waals surface area contributed by atoms with Gasteiger partial charge in [-0.3, -0.25) is 9.69 Å². The second-order valence-corrected chi connectivity index (χ2v) is 7.35. The summed E-state index contributed by atoms with van der Waals surface area (Å²) in [6.45, 7) is 2.44. The Morgan fingerprint density at radius 2 is 2.00 bits per heavy atom. The van der Waals surface area contributed by atoms with Crippen LogP contribution in [0.3, 0.4) is 0 Å². The number of hydrogen-bond acceptors (Lipinski definition) is 3. The normalized spacial score (nSPS) is 24.8. The van der Waals surface area contributed by atoms with E-state index in [1.54, 1.807) is 12.1 Å². The molecular formula is C19H27ClN2O2. The quantitative estimate of drug-likeness (QED) is 0.813. The van der Waals surface area contributed by atoms with Crippen molar-refractivity contribution in [3.05, 3.63) is 29.3 Å². The first-order chi connectivity index (χ1) is 11.6. The van der Waals surface area contributed by atoms with E-state index < -0.39 is 0 Å². The third-order valence-corrected chi connectivity index (χ3v) is 5.59. The Kier molecular flexibility index (Phi) is 6.01. The van der Waals surface area contributed by atoms with Gasteiger partial charge < -0.3 is 9.64 Å². The topological polar surface area (TPSA) is 32.8 Å². The zero-order valence-electron chi connectivity index (χ0n) is 14.4. The van der Waals surface area contributed by atoms with E-state index in [0.717, 1.165) is 6.42 Å². The van der Waals surface area contributed by atoms with Crippen LogP contribution in [0.15, 0.2) is 24.3 Å². The Balaban J connectivity index is 1.58. The molecule has 0 spiro atoms. The van der Waals surface area contributed by atoms with E-state index in [4.69, 9.17) is 16.3 Å². The van der Waals surface area contributed by atoms with E-state index in [1.165, 1.54) is 45.2 Å². The second-order valence-electron chi connectivity index (χ2n) is 6.91. The van der Waals surface area contributed by atoms with Gasteiger partial charge in [0.15, 0.2) is 6.61 Å². The highest BCUT2D eigenvalue weighted by atomic mass is 35.5. The summed E-state index contributed by atoms with van der Waals surface area (Å²) in [5, 5.41) is 0.620. The van der Waals surface area contributed by atoms with Gasteiger partial charge in [-0.15, -0.1) is 0 Å². The van der Waals surface area contributed by atoms with Crippen molar-refractivity contribution in [3.8, 4) is 5.75 Å². The van der Waals surface area contributed by atoms with E-state index >= 15 is 0 Å². The molecular weight excluding hydrogens is 324 g/mol. The summed E-state index contributed by atoms with van der Waals surface area (Å²) < 4.78 is 5.63. The minimum atomic E-state index is 0.0473. The summed E-state index contributed by atoms with van der Waals surface area (Å²) in [4.78, 5) is 17.1. The molecule has 2 unspecified atom stereocenters.